The minimum atomic E-state index is 0.407. The van der Waals surface area contributed by atoms with Crippen LogP contribution >= 0.6 is 0 Å². The number of anilines is 5. The predicted molar refractivity (Wildman–Crippen MR) is 127 cm³/mol. The standard InChI is InChI=1S/C24H24N6O3/c1-31-21-15-18(7-8-19(21)30-11-13-32-14-12-30)26-22-9-10-25-24(27-22)28-23-16-20(33-29-23)17-5-3-2-4-6-17/h2-10,15-16H,11-14H2,1H3,(H2,25,26,27,28,29). The van der Waals surface area contributed by atoms with Gasteiger partial charge in [-0.05, 0) is 18.2 Å². The molecule has 33 heavy (non-hydrogen) atoms. The number of aromatic nitrogens is 3. The molecule has 4 aromatic rings. The van der Waals surface area contributed by atoms with Crippen molar-refractivity contribution in [3.63, 3.8) is 0 Å². The molecule has 0 amide bonds. The average Bonchev–Trinajstić information content (AvgIpc) is 3.34. The van der Waals surface area contributed by atoms with E-state index in [-0.39, 0.29) is 0 Å². The molecule has 1 aliphatic heterocycles. The van der Waals surface area contributed by atoms with Crippen molar-refractivity contribution >= 4 is 29.0 Å². The summed E-state index contributed by atoms with van der Waals surface area (Å²) in [6.07, 6.45) is 1.68. The number of nitrogens with one attached hydrogen (secondary N) is 2. The first-order chi connectivity index (χ1) is 16.3. The van der Waals surface area contributed by atoms with Gasteiger partial charge in [-0.2, -0.15) is 4.98 Å². The van der Waals surface area contributed by atoms with Crippen LogP contribution in [-0.2, 0) is 4.74 Å². The molecule has 1 aliphatic rings. The predicted octanol–water partition coefficient (Wildman–Crippen LogP) is 4.46. The molecule has 1 fully saturated rings. The van der Waals surface area contributed by atoms with E-state index in [0.717, 1.165) is 49.0 Å². The number of hydrogen-bond donors (Lipinski definition) is 2. The zero-order valence-electron chi connectivity index (χ0n) is 18.2. The highest BCUT2D eigenvalue weighted by Crippen LogP contribution is 2.33. The average molecular weight is 444 g/mol. The largest absolute Gasteiger partial charge is 0.495 e. The fourth-order valence-electron chi connectivity index (χ4n) is 3.64. The topological polar surface area (TPSA) is 97.6 Å². The zero-order valence-corrected chi connectivity index (χ0v) is 18.2. The normalized spacial score (nSPS) is 13.5. The Kier molecular flexibility index (Phi) is 6.03. The Hall–Kier alpha value is -4.11. The quantitative estimate of drug-likeness (QED) is 0.428. The molecule has 0 saturated carbocycles. The third kappa shape index (κ3) is 4.88. The SMILES string of the molecule is COc1cc(Nc2ccnc(Nc3cc(-c4ccccc4)on3)n2)ccc1N1CCOCC1. The van der Waals surface area contributed by atoms with Gasteiger partial charge in [0.1, 0.15) is 11.6 Å². The van der Waals surface area contributed by atoms with E-state index >= 15 is 0 Å². The molecule has 0 spiro atoms. The maximum absolute atomic E-state index is 5.63. The lowest BCUT2D eigenvalue weighted by atomic mass is 10.2. The van der Waals surface area contributed by atoms with Crippen LogP contribution in [0.3, 0.4) is 0 Å². The molecule has 0 bridgehead atoms. The van der Waals surface area contributed by atoms with Gasteiger partial charge in [0, 0.05) is 42.7 Å². The number of rotatable bonds is 7. The summed E-state index contributed by atoms with van der Waals surface area (Å²) in [6, 6.07) is 19.4. The Morgan fingerprint density at radius 1 is 0.939 bits per heavy atom. The fraction of sp³-hybridized carbons (Fsp3) is 0.208. The van der Waals surface area contributed by atoms with Crippen LogP contribution in [0.15, 0.2) is 71.4 Å². The van der Waals surface area contributed by atoms with Crippen molar-refractivity contribution in [3.8, 4) is 17.1 Å². The van der Waals surface area contributed by atoms with Crippen molar-refractivity contribution in [1.29, 1.82) is 0 Å². The first kappa shape index (κ1) is 20.8. The molecule has 9 heteroatoms. The van der Waals surface area contributed by atoms with Crippen LogP contribution in [0.25, 0.3) is 11.3 Å². The molecule has 2 N–H and O–H groups in total. The number of methoxy groups -OCH3 is 1. The lowest BCUT2D eigenvalue weighted by Gasteiger charge is -2.30. The summed E-state index contributed by atoms with van der Waals surface area (Å²) in [5.74, 6) is 3.04. The number of hydrogen-bond acceptors (Lipinski definition) is 9. The van der Waals surface area contributed by atoms with E-state index in [0.29, 0.717) is 23.3 Å². The van der Waals surface area contributed by atoms with Gasteiger partial charge in [-0.15, -0.1) is 0 Å². The minimum absolute atomic E-state index is 0.407. The molecular formula is C24H24N6O3. The minimum Gasteiger partial charge on any atom is -0.495 e. The molecule has 0 radical (unpaired) electrons. The van der Waals surface area contributed by atoms with Crippen LogP contribution in [0, 0.1) is 0 Å². The highest BCUT2D eigenvalue weighted by molar-refractivity contribution is 5.69. The molecule has 0 unspecified atom stereocenters. The Labute approximate surface area is 191 Å². The van der Waals surface area contributed by atoms with E-state index in [9.17, 15) is 0 Å². The van der Waals surface area contributed by atoms with Crippen LogP contribution in [0.2, 0.25) is 0 Å². The van der Waals surface area contributed by atoms with Crippen LogP contribution in [0.5, 0.6) is 5.75 Å². The molecule has 2 aromatic carbocycles. The van der Waals surface area contributed by atoms with Gasteiger partial charge < -0.3 is 29.5 Å². The third-order valence-corrected chi connectivity index (χ3v) is 5.27. The van der Waals surface area contributed by atoms with Crippen molar-refractivity contribution in [1.82, 2.24) is 15.1 Å². The van der Waals surface area contributed by atoms with E-state index in [2.05, 4.69) is 30.7 Å². The molecule has 2 aromatic heterocycles. The van der Waals surface area contributed by atoms with Crippen LogP contribution < -0.4 is 20.3 Å². The Morgan fingerprint density at radius 3 is 2.61 bits per heavy atom. The number of benzene rings is 2. The van der Waals surface area contributed by atoms with Crippen molar-refractivity contribution in [2.75, 3.05) is 48.9 Å². The summed E-state index contributed by atoms with van der Waals surface area (Å²) in [7, 11) is 1.68. The lowest BCUT2D eigenvalue weighted by molar-refractivity contribution is 0.122. The van der Waals surface area contributed by atoms with Gasteiger partial charge >= 0.3 is 0 Å². The molecule has 0 aliphatic carbocycles. The zero-order chi connectivity index (χ0) is 22.5. The molecule has 9 nitrogen and oxygen atoms in total. The number of ether oxygens (including phenoxy) is 2. The third-order valence-electron chi connectivity index (χ3n) is 5.27. The van der Waals surface area contributed by atoms with Crippen LogP contribution in [0.4, 0.5) is 29.0 Å². The summed E-state index contributed by atoms with van der Waals surface area (Å²) >= 11 is 0. The van der Waals surface area contributed by atoms with E-state index in [4.69, 9.17) is 14.0 Å². The maximum Gasteiger partial charge on any atom is 0.230 e. The van der Waals surface area contributed by atoms with Crippen LogP contribution in [0.1, 0.15) is 0 Å². The molecule has 168 valence electrons. The second kappa shape index (κ2) is 9.58. The summed E-state index contributed by atoms with van der Waals surface area (Å²) in [6.45, 7) is 3.13. The Balaban J connectivity index is 1.29. The van der Waals surface area contributed by atoms with Crippen molar-refractivity contribution in [2.24, 2.45) is 0 Å². The van der Waals surface area contributed by atoms with Crippen molar-refractivity contribution in [3.05, 3.63) is 66.9 Å². The second-order valence-electron chi connectivity index (χ2n) is 7.44. The highest BCUT2D eigenvalue weighted by atomic mass is 16.5. The highest BCUT2D eigenvalue weighted by Gasteiger charge is 2.16. The van der Waals surface area contributed by atoms with Gasteiger partial charge in [0.2, 0.25) is 5.95 Å². The maximum atomic E-state index is 5.63. The molecule has 0 atom stereocenters. The summed E-state index contributed by atoms with van der Waals surface area (Å²) in [5, 5.41) is 10.5. The summed E-state index contributed by atoms with van der Waals surface area (Å²) in [4.78, 5) is 11.1. The van der Waals surface area contributed by atoms with Crippen molar-refractivity contribution in [2.45, 2.75) is 0 Å². The first-order valence-electron chi connectivity index (χ1n) is 10.7. The van der Waals surface area contributed by atoms with Crippen LogP contribution in [-0.4, -0.2) is 48.5 Å². The Morgan fingerprint density at radius 2 is 1.79 bits per heavy atom. The fourth-order valence-corrected chi connectivity index (χ4v) is 3.64. The smallest absolute Gasteiger partial charge is 0.230 e. The number of nitrogens with zero attached hydrogens (tertiary/aromatic N) is 4. The van der Waals surface area contributed by atoms with Gasteiger partial charge in [-0.3, -0.25) is 0 Å². The molecule has 5 rings (SSSR count). The van der Waals surface area contributed by atoms with Gasteiger partial charge in [0.15, 0.2) is 11.6 Å². The number of morpholine rings is 1. The first-order valence-corrected chi connectivity index (χ1v) is 10.7. The molecular weight excluding hydrogens is 420 g/mol. The monoisotopic (exact) mass is 444 g/mol. The molecule has 1 saturated heterocycles. The molecule has 3 heterocycles. The second-order valence-corrected chi connectivity index (χ2v) is 7.44. The lowest BCUT2D eigenvalue weighted by Crippen LogP contribution is -2.36. The van der Waals surface area contributed by atoms with E-state index in [1.807, 2.05) is 54.6 Å². The van der Waals surface area contributed by atoms with Gasteiger partial charge in [-0.25, -0.2) is 4.98 Å². The van der Waals surface area contributed by atoms with E-state index < -0.39 is 0 Å². The summed E-state index contributed by atoms with van der Waals surface area (Å²) in [5.41, 5.74) is 2.86. The van der Waals surface area contributed by atoms with E-state index in [1.54, 1.807) is 19.4 Å². The van der Waals surface area contributed by atoms with Crippen molar-refractivity contribution < 1.29 is 14.0 Å². The Bertz CT molecular complexity index is 1210. The van der Waals surface area contributed by atoms with E-state index in [1.165, 1.54) is 0 Å². The van der Waals surface area contributed by atoms with Gasteiger partial charge in [0.25, 0.3) is 0 Å². The van der Waals surface area contributed by atoms with Gasteiger partial charge in [-0.1, -0.05) is 35.5 Å². The summed E-state index contributed by atoms with van der Waals surface area (Å²) < 4.78 is 16.5. The van der Waals surface area contributed by atoms with Gasteiger partial charge in [0.05, 0.1) is 26.0 Å².